The fraction of sp³-hybridized carbons (Fsp3) is 0.455. The van der Waals surface area contributed by atoms with Gasteiger partial charge in [-0.1, -0.05) is 18.2 Å². The molecule has 2 heterocycles. The van der Waals surface area contributed by atoms with Crippen molar-refractivity contribution in [2.24, 2.45) is 0 Å². The zero-order valence-corrected chi connectivity index (χ0v) is 17.6. The molecule has 1 aliphatic heterocycles. The van der Waals surface area contributed by atoms with Crippen molar-refractivity contribution in [3.63, 3.8) is 0 Å². The van der Waals surface area contributed by atoms with Gasteiger partial charge < -0.3 is 10.6 Å². The van der Waals surface area contributed by atoms with Crippen LogP contribution >= 0.6 is 0 Å². The van der Waals surface area contributed by atoms with Crippen molar-refractivity contribution in [1.82, 2.24) is 24.9 Å². The van der Waals surface area contributed by atoms with Gasteiger partial charge in [0, 0.05) is 32.2 Å². The van der Waals surface area contributed by atoms with E-state index in [1.54, 1.807) is 4.68 Å². The van der Waals surface area contributed by atoms with Crippen LogP contribution in [-0.4, -0.2) is 76.2 Å². The Labute approximate surface area is 181 Å². The Morgan fingerprint density at radius 3 is 2.55 bits per heavy atom. The molecule has 4 rings (SSSR count). The van der Waals surface area contributed by atoms with Gasteiger partial charge >= 0.3 is 0 Å². The summed E-state index contributed by atoms with van der Waals surface area (Å²) < 4.78 is 1.56. The highest BCUT2D eigenvalue weighted by Crippen LogP contribution is 2.20. The van der Waals surface area contributed by atoms with Crippen LogP contribution in [0.1, 0.15) is 25.3 Å². The predicted octanol–water partition coefficient (Wildman–Crippen LogP) is 0.967. The van der Waals surface area contributed by atoms with E-state index in [1.165, 1.54) is 6.20 Å². The van der Waals surface area contributed by atoms with Crippen LogP contribution in [0.4, 0.5) is 5.82 Å². The van der Waals surface area contributed by atoms with Gasteiger partial charge in [-0.25, -0.2) is 4.68 Å². The number of hydrogen-bond donors (Lipinski definition) is 2. The zero-order valence-electron chi connectivity index (χ0n) is 17.6. The van der Waals surface area contributed by atoms with Crippen molar-refractivity contribution >= 4 is 17.6 Å². The molecule has 1 saturated carbocycles. The normalized spacial score (nSPS) is 18.2. The Morgan fingerprint density at radius 1 is 1.19 bits per heavy atom. The lowest BCUT2D eigenvalue weighted by atomic mass is 10.2. The van der Waals surface area contributed by atoms with Crippen LogP contribution in [0.3, 0.4) is 0 Å². The molecule has 1 aromatic carbocycles. The maximum Gasteiger partial charge on any atom is 0.239 e. The maximum atomic E-state index is 12.7. The molecule has 1 aromatic heterocycles. The number of nitrogens with zero attached hydrogens (tertiary/aromatic N) is 5. The number of piperazine rings is 1. The number of nitriles is 1. The summed E-state index contributed by atoms with van der Waals surface area (Å²) in [5.74, 6) is 0.275. The molecule has 1 unspecified atom stereocenters. The van der Waals surface area contributed by atoms with E-state index < -0.39 is 0 Å². The Balaban J connectivity index is 1.32. The van der Waals surface area contributed by atoms with E-state index >= 15 is 0 Å². The van der Waals surface area contributed by atoms with Gasteiger partial charge in [0.1, 0.15) is 11.6 Å². The highest BCUT2D eigenvalue weighted by atomic mass is 16.2. The molecule has 1 atom stereocenters. The van der Waals surface area contributed by atoms with Crippen LogP contribution in [0.25, 0.3) is 5.69 Å². The summed E-state index contributed by atoms with van der Waals surface area (Å²) in [6.45, 7) is 5.04. The minimum absolute atomic E-state index is 0.0897. The second-order valence-electron chi connectivity index (χ2n) is 8.09. The van der Waals surface area contributed by atoms with Crippen molar-refractivity contribution < 1.29 is 9.59 Å². The van der Waals surface area contributed by atoms with Crippen LogP contribution < -0.4 is 10.6 Å². The number of aromatic nitrogens is 2. The van der Waals surface area contributed by atoms with Crippen LogP contribution in [0.15, 0.2) is 36.5 Å². The van der Waals surface area contributed by atoms with Crippen molar-refractivity contribution in [3.8, 4) is 11.8 Å². The largest absolute Gasteiger partial charge is 0.352 e. The van der Waals surface area contributed by atoms with Crippen LogP contribution in [-0.2, 0) is 9.59 Å². The summed E-state index contributed by atoms with van der Waals surface area (Å²) in [6.07, 6.45) is 3.62. The summed E-state index contributed by atoms with van der Waals surface area (Å²) in [7, 11) is 0. The molecule has 0 spiro atoms. The molecular formula is C22H27N7O2. The van der Waals surface area contributed by atoms with Crippen molar-refractivity contribution in [2.45, 2.75) is 31.8 Å². The van der Waals surface area contributed by atoms with Gasteiger partial charge in [0.05, 0.1) is 24.5 Å². The monoisotopic (exact) mass is 421 g/mol. The van der Waals surface area contributed by atoms with E-state index in [0.29, 0.717) is 30.5 Å². The molecule has 2 amide bonds. The quantitative estimate of drug-likeness (QED) is 0.690. The first-order valence-corrected chi connectivity index (χ1v) is 10.7. The van der Waals surface area contributed by atoms with Crippen molar-refractivity contribution in [1.29, 1.82) is 5.26 Å². The van der Waals surface area contributed by atoms with Gasteiger partial charge in [-0.05, 0) is 31.9 Å². The predicted molar refractivity (Wildman–Crippen MR) is 116 cm³/mol. The average Bonchev–Trinajstić information content (AvgIpc) is 3.51. The second kappa shape index (κ2) is 9.29. The Kier molecular flexibility index (Phi) is 6.30. The third-order valence-electron chi connectivity index (χ3n) is 5.77. The molecule has 162 valence electrons. The molecule has 0 radical (unpaired) electrons. The number of benzene rings is 1. The van der Waals surface area contributed by atoms with E-state index in [0.717, 1.165) is 31.6 Å². The molecule has 2 fully saturated rings. The molecule has 2 N–H and O–H groups in total. The number of hydrogen-bond acceptors (Lipinski definition) is 6. The van der Waals surface area contributed by atoms with Crippen LogP contribution in [0.2, 0.25) is 0 Å². The molecule has 0 bridgehead atoms. The highest BCUT2D eigenvalue weighted by Gasteiger charge is 2.30. The second-order valence-corrected chi connectivity index (χ2v) is 8.09. The summed E-state index contributed by atoms with van der Waals surface area (Å²) in [5, 5.41) is 19.6. The van der Waals surface area contributed by atoms with E-state index in [-0.39, 0.29) is 24.4 Å². The van der Waals surface area contributed by atoms with Crippen LogP contribution in [0, 0.1) is 11.3 Å². The lowest BCUT2D eigenvalue weighted by Gasteiger charge is -2.37. The van der Waals surface area contributed by atoms with Gasteiger partial charge in [0.2, 0.25) is 11.8 Å². The molecule has 2 aliphatic rings. The summed E-state index contributed by atoms with van der Waals surface area (Å²) in [6, 6.07) is 11.7. The molecule has 9 heteroatoms. The molecule has 1 saturated heterocycles. The Morgan fingerprint density at radius 2 is 1.90 bits per heavy atom. The van der Waals surface area contributed by atoms with E-state index in [2.05, 4.69) is 31.6 Å². The number of carbonyl (C=O) groups excluding carboxylic acids is 2. The lowest BCUT2D eigenvalue weighted by molar-refractivity contribution is -0.127. The molecule has 1 aliphatic carbocycles. The topological polar surface area (TPSA) is 106 Å². The zero-order chi connectivity index (χ0) is 21.8. The highest BCUT2D eigenvalue weighted by molar-refractivity contribution is 5.93. The van der Waals surface area contributed by atoms with Gasteiger partial charge in [-0.15, -0.1) is 0 Å². The molecule has 9 nitrogen and oxygen atoms in total. The summed E-state index contributed by atoms with van der Waals surface area (Å²) in [5.41, 5.74) is 1.09. The smallest absolute Gasteiger partial charge is 0.239 e. The maximum absolute atomic E-state index is 12.7. The fourth-order valence-corrected chi connectivity index (χ4v) is 3.71. The lowest BCUT2D eigenvalue weighted by Crippen LogP contribution is -2.55. The first-order chi connectivity index (χ1) is 15.0. The number of amides is 2. The minimum Gasteiger partial charge on any atom is -0.352 e. The van der Waals surface area contributed by atoms with Gasteiger partial charge in [-0.3, -0.25) is 19.4 Å². The van der Waals surface area contributed by atoms with Crippen LogP contribution in [0.5, 0.6) is 0 Å². The first-order valence-electron chi connectivity index (χ1n) is 10.7. The SMILES string of the molecule is CC(C(=O)NC1CC1)N1CCN(CC(=O)Nc2c(C#N)cnn2-c2ccccc2)CC1. The summed E-state index contributed by atoms with van der Waals surface area (Å²) in [4.78, 5) is 29.2. The van der Waals surface area contributed by atoms with Crippen molar-refractivity contribution in [2.75, 3.05) is 38.0 Å². The molecular weight excluding hydrogens is 394 g/mol. The summed E-state index contributed by atoms with van der Waals surface area (Å²) >= 11 is 0. The number of anilines is 1. The van der Waals surface area contributed by atoms with Gasteiger partial charge in [0.15, 0.2) is 5.82 Å². The van der Waals surface area contributed by atoms with E-state index in [4.69, 9.17) is 0 Å². The van der Waals surface area contributed by atoms with E-state index in [1.807, 2.05) is 37.3 Å². The minimum atomic E-state index is -0.192. The third-order valence-corrected chi connectivity index (χ3v) is 5.77. The average molecular weight is 422 g/mol. The van der Waals surface area contributed by atoms with E-state index in [9.17, 15) is 14.9 Å². The number of rotatable bonds is 7. The standard InChI is InChI=1S/C22H27N7O2/c1-16(22(31)25-18-7-8-18)28-11-9-27(10-12-28)15-20(30)26-21-17(13-23)14-24-29(21)19-5-3-2-4-6-19/h2-6,14,16,18H,7-12,15H2,1H3,(H,25,31)(H,26,30). The number of nitrogens with one attached hydrogen (secondary N) is 2. The number of para-hydroxylation sites is 1. The number of carbonyl (C=O) groups is 2. The van der Waals surface area contributed by atoms with Gasteiger partial charge in [0.25, 0.3) is 0 Å². The fourth-order valence-electron chi connectivity index (χ4n) is 3.71. The third kappa shape index (κ3) is 5.10. The molecule has 2 aromatic rings. The molecule has 31 heavy (non-hydrogen) atoms. The van der Waals surface area contributed by atoms with Crippen molar-refractivity contribution in [3.05, 3.63) is 42.1 Å². The first kappa shape index (κ1) is 21.0. The Hall–Kier alpha value is -3.22. The Bertz CT molecular complexity index is 969. The van der Waals surface area contributed by atoms with Gasteiger partial charge in [-0.2, -0.15) is 10.4 Å².